The molecule has 2 aromatic rings. The monoisotopic (exact) mass is 298 g/mol. The molecule has 1 saturated carbocycles. The highest BCUT2D eigenvalue weighted by molar-refractivity contribution is 5.96. The van der Waals surface area contributed by atoms with E-state index < -0.39 is 0 Å². The van der Waals surface area contributed by atoms with E-state index in [4.69, 9.17) is 4.74 Å². The maximum Gasteiger partial charge on any atom is 0.259 e. The number of carbonyl (C=O) groups is 1. The Morgan fingerprint density at radius 3 is 3.00 bits per heavy atom. The topological polar surface area (TPSA) is 60.2 Å². The van der Waals surface area contributed by atoms with Crippen LogP contribution in [0.1, 0.15) is 40.5 Å². The summed E-state index contributed by atoms with van der Waals surface area (Å²) in [5, 5.41) is 4.65. The molecular weight excluding hydrogens is 280 g/mol. The zero-order valence-electron chi connectivity index (χ0n) is 12.5. The number of aromatic nitrogens is 3. The smallest absolute Gasteiger partial charge is 0.259 e. The summed E-state index contributed by atoms with van der Waals surface area (Å²) < 4.78 is 7.23. The van der Waals surface area contributed by atoms with Crippen molar-refractivity contribution in [3.8, 4) is 5.88 Å². The van der Waals surface area contributed by atoms with E-state index >= 15 is 0 Å². The van der Waals surface area contributed by atoms with Crippen LogP contribution in [0.4, 0.5) is 0 Å². The van der Waals surface area contributed by atoms with Gasteiger partial charge in [0.2, 0.25) is 5.88 Å². The van der Waals surface area contributed by atoms with E-state index in [1.807, 2.05) is 9.58 Å². The van der Waals surface area contributed by atoms with Crippen molar-refractivity contribution >= 4 is 5.91 Å². The Balaban J connectivity index is 1.57. The first-order valence-electron chi connectivity index (χ1n) is 7.61. The number of hydrogen-bond acceptors (Lipinski definition) is 4. The lowest BCUT2D eigenvalue weighted by Crippen LogP contribution is -2.38. The van der Waals surface area contributed by atoms with Gasteiger partial charge in [-0.3, -0.25) is 9.48 Å². The van der Waals surface area contributed by atoms with Crippen LogP contribution in [0.5, 0.6) is 5.88 Å². The van der Waals surface area contributed by atoms with Crippen LogP contribution in [0.25, 0.3) is 0 Å². The van der Waals surface area contributed by atoms with E-state index in [0.717, 1.165) is 12.2 Å². The molecule has 0 bridgehead atoms. The van der Waals surface area contributed by atoms with E-state index in [1.54, 1.807) is 18.3 Å². The van der Waals surface area contributed by atoms with Gasteiger partial charge < -0.3 is 9.64 Å². The molecule has 6 heteroatoms. The number of fused-ring (bicyclic) bond motifs is 1. The Morgan fingerprint density at radius 1 is 1.36 bits per heavy atom. The number of carbonyl (C=O) groups excluding carboxylic acids is 1. The Kier molecular flexibility index (Phi) is 3.10. The van der Waals surface area contributed by atoms with Crippen molar-refractivity contribution in [2.75, 3.05) is 13.7 Å². The lowest BCUT2D eigenvalue weighted by molar-refractivity contribution is 0.0702. The molecule has 0 radical (unpaired) electrons. The molecule has 1 aliphatic carbocycles. The summed E-state index contributed by atoms with van der Waals surface area (Å²) in [6.07, 6.45) is 4.11. The normalized spacial score (nSPS) is 17.2. The minimum Gasteiger partial charge on any atom is -0.480 e. The van der Waals surface area contributed by atoms with Gasteiger partial charge in [-0.05, 0) is 31.0 Å². The van der Waals surface area contributed by atoms with Gasteiger partial charge in [-0.25, -0.2) is 4.98 Å². The second-order valence-corrected chi connectivity index (χ2v) is 5.84. The Bertz CT molecular complexity index is 721. The van der Waals surface area contributed by atoms with E-state index in [-0.39, 0.29) is 5.91 Å². The fourth-order valence-corrected chi connectivity index (χ4v) is 2.93. The first-order chi connectivity index (χ1) is 10.8. The molecule has 3 heterocycles. The van der Waals surface area contributed by atoms with Crippen molar-refractivity contribution in [1.82, 2.24) is 19.7 Å². The molecule has 1 fully saturated rings. The van der Waals surface area contributed by atoms with Crippen LogP contribution in [-0.4, -0.2) is 39.2 Å². The van der Waals surface area contributed by atoms with Crippen LogP contribution in [-0.2, 0) is 13.1 Å². The fraction of sp³-hybridized carbons (Fsp3) is 0.438. The van der Waals surface area contributed by atoms with Gasteiger partial charge in [0.15, 0.2) is 0 Å². The number of pyridine rings is 1. The van der Waals surface area contributed by atoms with Gasteiger partial charge in [0.25, 0.3) is 5.91 Å². The predicted molar refractivity (Wildman–Crippen MR) is 79.7 cm³/mol. The van der Waals surface area contributed by atoms with Crippen molar-refractivity contribution in [2.45, 2.75) is 31.8 Å². The van der Waals surface area contributed by atoms with Crippen LogP contribution in [0, 0.1) is 0 Å². The molecule has 0 atom stereocenters. The van der Waals surface area contributed by atoms with E-state index in [9.17, 15) is 4.79 Å². The molecule has 0 saturated heterocycles. The van der Waals surface area contributed by atoms with Crippen LogP contribution in [0.15, 0.2) is 24.4 Å². The van der Waals surface area contributed by atoms with E-state index in [2.05, 4.69) is 16.1 Å². The van der Waals surface area contributed by atoms with Crippen LogP contribution >= 0.6 is 0 Å². The fourth-order valence-electron chi connectivity index (χ4n) is 2.93. The minimum atomic E-state index is -0.0367. The molecule has 114 valence electrons. The molecule has 1 aliphatic heterocycles. The maximum atomic E-state index is 12.7. The van der Waals surface area contributed by atoms with Crippen LogP contribution < -0.4 is 4.74 Å². The summed E-state index contributed by atoms with van der Waals surface area (Å²) in [6.45, 7) is 2.00. The molecule has 4 rings (SSSR count). The quantitative estimate of drug-likeness (QED) is 0.867. The SMILES string of the molecule is COc1ncccc1C(=O)N1CCn2nc(C3CC3)cc2C1. The standard InChI is InChI=1S/C16H18N4O2/c1-22-15-13(3-2-6-17-15)16(21)19-7-8-20-12(10-19)9-14(18-20)11-4-5-11/h2-3,6,9,11H,4-5,7-8,10H2,1H3. The molecule has 0 spiro atoms. The third kappa shape index (κ3) is 2.24. The van der Waals surface area contributed by atoms with Crippen molar-refractivity contribution in [3.63, 3.8) is 0 Å². The summed E-state index contributed by atoms with van der Waals surface area (Å²) in [7, 11) is 1.53. The number of rotatable bonds is 3. The summed E-state index contributed by atoms with van der Waals surface area (Å²) in [4.78, 5) is 18.7. The van der Waals surface area contributed by atoms with Gasteiger partial charge in [-0.15, -0.1) is 0 Å². The molecule has 0 unspecified atom stereocenters. The van der Waals surface area contributed by atoms with Gasteiger partial charge in [0.05, 0.1) is 31.6 Å². The summed E-state index contributed by atoms with van der Waals surface area (Å²) in [6, 6.07) is 5.67. The number of amides is 1. The lowest BCUT2D eigenvalue weighted by atomic mass is 10.2. The van der Waals surface area contributed by atoms with Gasteiger partial charge in [-0.2, -0.15) is 5.10 Å². The van der Waals surface area contributed by atoms with Crippen LogP contribution in [0.3, 0.4) is 0 Å². The van der Waals surface area contributed by atoms with Gasteiger partial charge in [0.1, 0.15) is 5.56 Å². The zero-order valence-corrected chi connectivity index (χ0v) is 12.5. The highest BCUT2D eigenvalue weighted by atomic mass is 16.5. The van der Waals surface area contributed by atoms with Crippen molar-refractivity contribution in [3.05, 3.63) is 41.3 Å². The molecule has 2 aromatic heterocycles. The molecule has 0 aromatic carbocycles. The Labute approximate surface area is 128 Å². The third-order valence-corrected chi connectivity index (χ3v) is 4.29. The van der Waals surface area contributed by atoms with Gasteiger partial charge >= 0.3 is 0 Å². The van der Waals surface area contributed by atoms with E-state index in [1.165, 1.54) is 25.6 Å². The lowest BCUT2D eigenvalue weighted by Gasteiger charge is -2.28. The summed E-state index contributed by atoms with van der Waals surface area (Å²) >= 11 is 0. The zero-order chi connectivity index (χ0) is 15.1. The predicted octanol–water partition coefficient (Wildman–Crippen LogP) is 1.82. The van der Waals surface area contributed by atoms with Crippen molar-refractivity contribution in [1.29, 1.82) is 0 Å². The first-order valence-corrected chi connectivity index (χ1v) is 7.61. The molecule has 22 heavy (non-hydrogen) atoms. The molecular formula is C16H18N4O2. The number of methoxy groups -OCH3 is 1. The number of nitrogens with zero attached hydrogens (tertiary/aromatic N) is 4. The van der Waals surface area contributed by atoms with Crippen molar-refractivity contribution < 1.29 is 9.53 Å². The second kappa shape index (κ2) is 5.12. The second-order valence-electron chi connectivity index (χ2n) is 5.84. The Hall–Kier alpha value is -2.37. The van der Waals surface area contributed by atoms with Crippen LogP contribution in [0.2, 0.25) is 0 Å². The minimum absolute atomic E-state index is 0.0367. The first kappa shape index (κ1) is 13.3. The van der Waals surface area contributed by atoms with Gasteiger partial charge in [0, 0.05) is 18.7 Å². The Morgan fingerprint density at radius 2 is 2.23 bits per heavy atom. The average Bonchev–Trinajstić information content (AvgIpc) is 3.33. The molecule has 1 amide bonds. The third-order valence-electron chi connectivity index (χ3n) is 4.29. The van der Waals surface area contributed by atoms with Crippen molar-refractivity contribution in [2.24, 2.45) is 0 Å². The van der Waals surface area contributed by atoms with E-state index in [0.29, 0.717) is 30.5 Å². The number of ether oxygens (including phenoxy) is 1. The average molecular weight is 298 g/mol. The molecule has 2 aliphatic rings. The highest BCUT2D eigenvalue weighted by Crippen LogP contribution is 2.39. The van der Waals surface area contributed by atoms with Gasteiger partial charge in [-0.1, -0.05) is 0 Å². The summed E-state index contributed by atoms with van der Waals surface area (Å²) in [5.41, 5.74) is 2.81. The largest absolute Gasteiger partial charge is 0.480 e. The number of hydrogen-bond donors (Lipinski definition) is 0. The highest BCUT2D eigenvalue weighted by Gasteiger charge is 2.30. The summed E-state index contributed by atoms with van der Waals surface area (Å²) in [5.74, 6) is 0.983. The maximum absolute atomic E-state index is 12.7. The molecule has 0 N–H and O–H groups in total. The molecule has 6 nitrogen and oxygen atoms in total.